The van der Waals surface area contributed by atoms with Gasteiger partial charge in [-0.3, -0.25) is 0 Å². The molecule has 0 heterocycles. The van der Waals surface area contributed by atoms with Gasteiger partial charge in [-0.25, -0.2) is 0 Å². The van der Waals surface area contributed by atoms with Crippen LogP contribution in [0.25, 0.3) is 0 Å². The molecule has 0 aliphatic rings. The summed E-state index contributed by atoms with van der Waals surface area (Å²) < 4.78 is 0. The lowest BCUT2D eigenvalue weighted by Gasteiger charge is -2.34. The maximum absolute atomic E-state index is 6.20. The molecule has 1 nitrogen and oxygen atoms in total. The molecule has 0 amide bonds. The Balaban J connectivity index is 4.15. The van der Waals surface area contributed by atoms with Crippen LogP contribution >= 0.6 is 11.8 Å². The highest BCUT2D eigenvalue weighted by molar-refractivity contribution is 8.00. The zero-order valence-electron chi connectivity index (χ0n) is 11.3. The van der Waals surface area contributed by atoms with Crippen LogP contribution in [0.2, 0.25) is 0 Å². The van der Waals surface area contributed by atoms with Gasteiger partial charge in [0.1, 0.15) is 0 Å². The minimum Gasteiger partial charge on any atom is -0.327 e. The standard InChI is InChI=1S/C13H29NS/c1-7-11(14)12(13(4,5)6)15-9-8-10(2)3/h10-12H,7-9,14H2,1-6H3. The smallest absolute Gasteiger partial charge is 0.0247 e. The van der Waals surface area contributed by atoms with E-state index in [-0.39, 0.29) is 0 Å². The normalized spacial score (nSPS) is 16.8. The first-order chi connectivity index (χ1) is 6.79. The summed E-state index contributed by atoms with van der Waals surface area (Å²) in [6.07, 6.45) is 2.38. The van der Waals surface area contributed by atoms with Crippen LogP contribution in [0.15, 0.2) is 0 Å². The van der Waals surface area contributed by atoms with E-state index in [9.17, 15) is 0 Å². The van der Waals surface area contributed by atoms with Crippen molar-refractivity contribution in [1.29, 1.82) is 0 Å². The van der Waals surface area contributed by atoms with E-state index in [0.29, 0.717) is 16.7 Å². The molecule has 92 valence electrons. The summed E-state index contributed by atoms with van der Waals surface area (Å²) >= 11 is 2.06. The van der Waals surface area contributed by atoms with Crippen LogP contribution in [0.3, 0.4) is 0 Å². The van der Waals surface area contributed by atoms with Gasteiger partial charge < -0.3 is 5.73 Å². The van der Waals surface area contributed by atoms with E-state index < -0.39 is 0 Å². The topological polar surface area (TPSA) is 26.0 Å². The number of hydrogen-bond acceptors (Lipinski definition) is 2. The summed E-state index contributed by atoms with van der Waals surface area (Å²) in [5.74, 6) is 2.05. The maximum atomic E-state index is 6.20. The van der Waals surface area contributed by atoms with Gasteiger partial charge in [-0.15, -0.1) is 0 Å². The molecule has 0 aliphatic carbocycles. The summed E-state index contributed by atoms with van der Waals surface area (Å²) in [6.45, 7) is 13.7. The predicted molar refractivity (Wildman–Crippen MR) is 73.4 cm³/mol. The number of thioether (sulfide) groups is 1. The van der Waals surface area contributed by atoms with Gasteiger partial charge in [-0.1, -0.05) is 41.5 Å². The molecule has 0 aromatic rings. The second-order valence-corrected chi connectivity index (χ2v) is 7.16. The van der Waals surface area contributed by atoms with Crippen LogP contribution < -0.4 is 5.73 Å². The van der Waals surface area contributed by atoms with Crippen LogP contribution in [-0.4, -0.2) is 17.0 Å². The van der Waals surface area contributed by atoms with Gasteiger partial charge in [-0.05, 0) is 29.9 Å². The van der Waals surface area contributed by atoms with Crippen molar-refractivity contribution in [3.63, 3.8) is 0 Å². The van der Waals surface area contributed by atoms with Crippen LogP contribution in [0.4, 0.5) is 0 Å². The SMILES string of the molecule is CCC(N)C(SCCC(C)C)C(C)(C)C. The number of hydrogen-bond donors (Lipinski definition) is 1. The van der Waals surface area contributed by atoms with Crippen LogP contribution in [-0.2, 0) is 0 Å². The summed E-state index contributed by atoms with van der Waals surface area (Å²) in [6, 6.07) is 0.335. The molecule has 2 atom stereocenters. The molecule has 0 spiro atoms. The highest BCUT2D eigenvalue weighted by Crippen LogP contribution is 2.33. The van der Waals surface area contributed by atoms with Gasteiger partial charge in [-0.2, -0.15) is 11.8 Å². The van der Waals surface area contributed by atoms with Crippen molar-refractivity contribution in [1.82, 2.24) is 0 Å². The van der Waals surface area contributed by atoms with Gasteiger partial charge in [0.2, 0.25) is 0 Å². The highest BCUT2D eigenvalue weighted by Gasteiger charge is 2.29. The minimum atomic E-state index is 0.317. The first-order valence-corrected chi connectivity index (χ1v) is 7.21. The summed E-state index contributed by atoms with van der Waals surface area (Å²) in [7, 11) is 0. The second-order valence-electron chi connectivity index (χ2n) is 5.91. The van der Waals surface area contributed by atoms with Gasteiger partial charge >= 0.3 is 0 Å². The van der Waals surface area contributed by atoms with E-state index in [1.54, 1.807) is 0 Å². The van der Waals surface area contributed by atoms with Crippen LogP contribution in [0, 0.1) is 11.3 Å². The molecular formula is C13H29NS. The Morgan fingerprint density at radius 2 is 1.73 bits per heavy atom. The average molecular weight is 231 g/mol. The fraction of sp³-hybridized carbons (Fsp3) is 1.00. The van der Waals surface area contributed by atoms with Gasteiger partial charge in [0, 0.05) is 11.3 Å². The zero-order chi connectivity index (χ0) is 12.1. The molecule has 0 aromatic heterocycles. The van der Waals surface area contributed by atoms with E-state index in [2.05, 4.69) is 53.3 Å². The second kappa shape index (κ2) is 6.80. The Morgan fingerprint density at radius 1 is 1.20 bits per heavy atom. The van der Waals surface area contributed by atoms with Crippen molar-refractivity contribution in [2.24, 2.45) is 17.1 Å². The molecule has 0 radical (unpaired) electrons. The number of nitrogens with two attached hydrogens (primary N) is 1. The third-order valence-corrected chi connectivity index (χ3v) is 4.59. The fourth-order valence-corrected chi connectivity index (χ4v) is 3.46. The Bertz CT molecular complexity index is 160. The van der Waals surface area contributed by atoms with E-state index in [1.807, 2.05) is 0 Å². The third-order valence-electron chi connectivity index (χ3n) is 2.71. The summed E-state index contributed by atoms with van der Waals surface area (Å²) in [4.78, 5) is 0. The molecule has 0 aliphatic heterocycles. The van der Waals surface area contributed by atoms with Gasteiger partial charge in [0.15, 0.2) is 0 Å². The Hall–Kier alpha value is 0.310. The van der Waals surface area contributed by atoms with Crippen molar-refractivity contribution in [2.75, 3.05) is 5.75 Å². The Morgan fingerprint density at radius 3 is 2.07 bits per heavy atom. The molecule has 0 bridgehead atoms. The largest absolute Gasteiger partial charge is 0.327 e. The lowest BCUT2D eigenvalue weighted by atomic mass is 9.87. The molecule has 15 heavy (non-hydrogen) atoms. The predicted octanol–water partition coefficient (Wildman–Crippen LogP) is 3.92. The quantitative estimate of drug-likeness (QED) is 0.750. The van der Waals surface area contributed by atoms with Crippen molar-refractivity contribution >= 4 is 11.8 Å². The number of rotatable bonds is 6. The summed E-state index contributed by atoms with van der Waals surface area (Å²) in [5.41, 5.74) is 6.52. The first-order valence-electron chi connectivity index (χ1n) is 6.16. The molecule has 0 fully saturated rings. The lowest BCUT2D eigenvalue weighted by Crippen LogP contribution is -2.41. The zero-order valence-corrected chi connectivity index (χ0v) is 12.2. The molecule has 2 unspecified atom stereocenters. The van der Waals surface area contributed by atoms with Crippen molar-refractivity contribution in [3.8, 4) is 0 Å². The molecule has 0 rings (SSSR count). The van der Waals surface area contributed by atoms with E-state index >= 15 is 0 Å². The molecular weight excluding hydrogens is 202 g/mol. The molecule has 0 saturated carbocycles. The summed E-state index contributed by atoms with van der Waals surface area (Å²) in [5, 5.41) is 0.584. The Labute approximate surface area is 101 Å². The maximum Gasteiger partial charge on any atom is 0.0247 e. The van der Waals surface area contributed by atoms with Gasteiger partial charge in [0.05, 0.1) is 0 Å². The Kier molecular flexibility index (Phi) is 6.94. The van der Waals surface area contributed by atoms with Gasteiger partial charge in [0.25, 0.3) is 0 Å². The average Bonchev–Trinajstić information content (AvgIpc) is 2.09. The molecule has 2 heteroatoms. The first kappa shape index (κ1) is 15.3. The van der Waals surface area contributed by atoms with E-state index in [1.165, 1.54) is 12.2 Å². The lowest BCUT2D eigenvalue weighted by molar-refractivity contribution is 0.350. The van der Waals surface area contributed by atoms with E-state index in [4.69, 9.17) is 5.73 Å². The van der Waals surface area contributed by atoms with Crippen molar-refractivity contribution < 1.29 is 0 Å². The minimum absolute atomic E-state index is 0.317. The third kappa shape index (κ3) is 6.47. The van der Waals surface area contributed by atoms with E-state index in [0.717, 1.165) is 12.3 Å². The van der Waals surface area contributed by atoms with Crippen LogP contribution in [0.5, 0.6) is 0 Å². The highest BCUT2D eigenvalue weighted by atomic mass is 32.2. The molecule has 2 N–H and O–H groups in total. The monoisotopic (exact) mass is 231 g/mol. The fourth-order valence-electron chi connectivity index (χ4n) is 1.66. The van der Waals surface area contributed by atoms with Crippen molar-refractivity contribution in [2.45, 2.75) is 65.7 Å². The molecule has 0 saturated heterocycles. The van der Waals surface area contributed by atoms with Crippen molar-refractivity contribution in [3.05, 3.63) is 0 Å². The molecule has 0 aromatic carbocycles. The van der Waals surface area contributed by atoms with Crippen LogP contribution in [0.1, 0.15) is 54.4 Å².